The van der Waals surface area contributed by atoms with E-state index in [4.69, 9.17) is 0 Å². The Morgan fingerprint density at radius 1 is 1.00 bits per heavy atom. The molecule has 1 aliphatic heterocycles. The molecule has 202 valence electrons. The number of amides is 2. The molecule has 1 aliphatic rings. The van der Waals surface area contributed by atoms with Crippen molar-refractivity contribution in [1.82, 2.24) is 14.5 Å². The zero-order valence-electron chi connectivity index (χ0n) is 21.8. The number of sulfonamides is 1. The molecular weight excluding hydrogens is 493 g/mol. The molecule has 3 rings (SSSR count). The number of nitrogens with one attached hydrogen (secondary N) is 1. The minimum atomic E-state index is -3.48. The summed E-state index contributed by atoms with van der Waals surface area (Å²) in [6, 6.07) is 11.9. The Kier molecular flexibility index (Phi) is 10.6. The van der Waals surface area contributed by atoms with E-state index in [2.05, 4.69) is 12.2 Å². The van der Waals surface area contributed by atoms with Gasteiger partial charge in [0.05, 0.1) is 4.90 Å². The normalized spacial score (nSPS) is 14.9. The number of halogens is 1. The van der Waals surface area contributed by atoms with Crippen LogP contribution in [0.1, 0.15) is 63.5 Å². The second kappa shape index (κ2) is 13.7. The quantitative estimate of drug-likeness (QED) is 0.391. The molecule has 37 heavy (non-hydrogen) atoms. The minimum absolute atomic E-state index is 0.160. The number of hydrogen-bond acceptors (Lipinski definition) is 4. The highest BCUT2D eigenvalue weighted by Gasteiger charge is 2.28. The summed E-state index contributed by atoms with van der Waals surface area (Å²) in [5.74, 6) is -0.782. The molecule has 1 fully saturated rings. The summed E-state index contributed by atoms with van der Waals surface area (Å²) in [6.45, 7) is 5.64. The van der Waals surface area contributed by atoms with Gasteiger partial charge in [0.15, 0.2) is 0 Å². The fraction of sp³-hybridized carbons (Fsp3) is 0.500. The maximum absolute atomic E-state index is 13.4. The first-order chi connectivity index (χ1) is 17.7. The van der Waals surface area contributed by atoms with Crippen LogP contribution in [0.25, 0.3) is 0 Å². The van der Waals surface area contributed by atoms with Crippen LogP contribution in [-0.4, -0.2) is 55.1 Å². The average Bonchev–Trinajstić information content (AvgIpc) is 3.45. The van der Waals surface area contributed by atoms with Gasteiger partial charge in [0.1, 0.15) is 11.9 Å². The third kappa shape index (κ3) is 8.10. The number of carbonyl (C=O) groups is 2. The van der Waals surface area contributed by atoms with Crippen molar-refractivity contribution in [2.45, 2.75) is 76.3 Å². The number of rotatable bonds is 13. The number of unbranched alkanes of at least 4 members (excludes halogenated alkanes) is 2. The monoisotopic (exact) mass is 531 g/mol. The molecule has 0 saturated carbocycles. The molecule has 2 aromatic carbocycles. The number of hydrogen-bond donors (Lipinski definition) is 1. The highest BCUT2D eigenvalue weighted by Crippen LogP contribution is 2.22. The summed E-state index contributed by atoms with van der Waals surface area (Å²) >= 11 is 0. The summed E-state index contributed by atoms with van der Waals surface area (Å²) in [6.07, 6.45) is 5.27. The molecule has 0 aromatic heterocycles. The highest BCUT2D eigenvalue weighted by molar-refractivity contribution is 7.89. The van der Waals surface area contributed by atoms with Crippen LogP contribution in [0.15, 0.2) is 53.4 Å². The molecule has 0 spiro atoms. The molecule has 1 saturated heterocycles. The van der Waals surface area contributed by atoms with Crippen LogP contribution in [0.5, 0.6) is 0 Å². The Hall–Kier alpha value is -2.78. The molecular formula is C28H38FN3O4S. The molecule has 0 bridgehead atoms. The van der Waals surface area contributed by atoms with Gasteiger partial charge in [-0.25, -0.2) is 12.8 Å². The van der Waals surface area contributed by atoms with Crippen molar-refractivity contribution in [1.29, 1.82) is 0 Å². The van der Waals surface area contributed by atoms with E-state index < -0.39 is 16.1 Å². The predicted molar refractivity (Wildman–Crippen MR) is 142 cm³/mol. The van der Waals surface area contributed by atoms with Crippen LogP contribution >= 0.6 is 0 Å². The van der Waals surface area contributed by atoms with Gasteiger partial charge in [-0.05, 0) is 68.0 Å². The molecule has 1 atom stereocenters. The molecule has 9 heteroatoms. The maximum atomic E-state index is 13.4. The lowest BCUT2D eigenvalue weighted by atomic mass is 10.1. The Morgan fingerprint density at radius 2 is 1.62 bits per heavy atom. The van der Waals surface area contributed by atoms with Crippen molar-refractivity contribution in [3.05, 3.63) is 65.5 Å². The van der Waals surface area contributed by atoms with Crippen molar-refractivity contribution in [2.75, 3.05) is 19.6 Å². The third-order valence-electron chi connectivity index (χ3n) is 6.77. The largest absolute Gasteiger partial charge is 0.354 e. The van der Waals surface area contributed by atoms with Crippen LogP contribution < -0.4 is 5.32 Å². The topological polar surface area (TPSA) is 86.8 Å². The summed E-state index contributed by atoms with van der Waals surface area (Å²) in [7, 11) is -3.48. The molecule has 2 amide bonds. The smallest absolute Gasteiger partial charge is 0.243 e. The van der Waals surface area contributed by atoms with Crippen LogP contribution in [-0.2, 0) is 32.6 Å². The standard InChI is InChI=1S/C28H38FN3O4S/c1-3-4-5-18-30-28(34)22(2)32(21-24-8-13-25(29)14-9-24)27(33)17-12-23-10-15-26(16-11-23)37(35,36)31-19-6-7-20-31/h8-11,13-16,22H,3-7,12,17-21H2,1-2H3,(H,30,34)/t22-/m1/s1. The summed E-state index contributed by atoms with van der Waals surface area (Å²) in [5, 5.41) is 2.91. The second-order valence-corrected chi connectivity index (χ2v) is 11.5. The van der Waals surface area contributed by atoms with Crippen molar-refractivity contribution in [3.63, 3.8) is 0 Å². The van der Waals surface area contributed by atoms with E-state index in [1.165, 1.54) is 21.3 Å². The van der Waals surface area contributed by atoms with Gasteiger partial charge in [0, 0.05) is 32.6 Å². The van der Waals surface area contributed by atoms with E-state index in [0.29, 0.717) is 26.1 Å². The number of aryl methyl sites for hydroxylation is 1. The summed E-state index contributed by atoms with van der Waals surface area (Å²) in [5.41, 5.74) is 1.57. The van der Waals surface area contributed by atoms with E-state index in [-0.39, 0.29) is 35.5 Å². The molecule has 7 nitrogen and oxygen atoms in total. The zero-order valence-corrected chi connectivity index (χ0v) is 22.6. The maximum Gasteiger partial charge on any atom is 0.243 e. The van der Waals surface area contributed by atoms with E-state index >= 15 is 0 Å². The van der Waals surface area contributed by atoms with Gasteiger partial charge >= 0.3 is 0 Å². The molecule has 1 heterocycles. The lowest BCUT2D eigenvalue weighted by molar-refractivity contribution is -0.140. The third-order valence-corrected chi connectivity index (χ3v) is 8.68. The Bertz CT molecular complexity index is 1130. The first-order valence-corrected chi connectivity index (χ1v) is 14.6. The van der Waals surface area contributed by atoms with Crippen molar-refractivity contribution >= 4 is 21.8 Å². The van der Waals surface area contributed by atoms with Crippen molar-refractivity contribution in [3.8, 4) is 0 Å². The molecule has 1 N–H and O–H groups in total. The number of benzene rings is 2. The van der Waals surface area contributed by atoms with Gasteiger partial charge in [-0.1, -0.05) is 44.0 Å². The summed E-state index contributed by atoms with van der Waals surface area (Å²) in [4.78, 5) is 27.8. The van der Waals surface area contributed by atoms with Crippen LogP contribution in [0.2, 0.25) is 0 Å². The van der Waals surface area contributed by atoms with Gasteiger partial charge in [0.25, 0.3) is 0 Å². The minimum Gasteiger partial charge on any atom is -0.354 e. The van der Waals surface area contributed by atoms with E-state index in [1.54, 1.807) is 43.3 Å². The highest BCUT2D eigenvalue weighted by atomic mass is 32.2. The van der Waals surface area contributed by atoms with E-state index in [0.717, 1.165) is 43.2 Å². The lowest BCUT2D eigenvalue weighted by Crippen LogP contribution is -2.47. The molecule has 2 aromatic rings. The number of nitrogens with zero attached hydrogens (tertiary/aromatic N) is 2. The van der Waals surface area contributed by atoms with Crippen molar-refractivity contribution in [2.24, 2.45) is 0 Å². The Balaban J connectivity index is 1.66. The van der Waals surface area contributed by atoms with Gasteiger partial charge in [0.2, 0.25) is 21.8 Å². The first kappa shape index (κ1) is 28.8. The van der Waals surface area contributed by atoms with Crippen LogP contribution in [0, 0.1) is 5.82 Å². The first-order valence-electron chi connectivity index (χ1n) is 13.1. The van der Waals surface area contributed by atoms with E-state index in [9.17, 15) is 22.4 Å². The van der Waals surface area contributed by atoms with Gasteiger partial charge in [-0.3, -0.25) is 9.59 Å². The molecule has 0 radical (unpaired) electrons. The Morgan fingerprint density at radius 3 is 2.24 bits per heavy atom. The number of carbonyl (C=O) groups excluding carboxylic acids is 2. The molecule has 0 unspecified atom stereocenters. The second-order valence-electron chi connectivity index (χ2n) is 9.58. The fourth-order valence-electron chi connectivity index (χ4n) is 4.40. The Labute approximate surface area is 220 Å². The lowest BCUT2D eigenvalue weighted by Gasteiger charge is -2.29. The van der Waals surface area contributed by atoms with Crippen LogP contribution in [0.3, 0.4) is 0 Å². The fourth-order valence-corrected chi connectivity index (χ4v) is 5.92. The summed E-state index contributed by atoms with van der Waals surface area (Å²) < 4.78 is 40.4. The van der Waals surface area contributed by atoms with Crippen molar-refractivity contribution < 1.29 is 22.4 Å². The van der Waals surface area contributed by atoms with Gasteiger partial charge in [-0.15, -0.1) is 0 Å². The average molecular weight is 532 g/mol. The SMILES string of the molecule is CCCCCNC(=O)[C@@H](C)N(Cc1ccc(F)cc1)C(=O)CCc1ccc(S(=O)(=O)N2CCCC2)cc1. The van der Waals surface area contributed by atoms with Gasteiger partial charge in [-0.2, -0.15) is 4.31 Å². The predicted octanol–water partition coefficient (Wildman–Crippen LogP) is 4.27. The van der Waals surface area contributed by atoms with Gasteiger partial charge < -0.3 is 10.2 Å². The van der Waals surface area contributed by atoms with E-state index in [1.807, 2.05) is 0 Å². The van der Waals surface area contributed by atoms with Crippen LogP contribution in [0.4, 0.5) is 4.39 Å². The zero-order chi connectivity index (χ0) is 26.8. The molecule has 0 aliphatic carbocycles.